The van der Waals surface area contributed by atoms with E-state index in [-0.39, 0.29) is 24.1 Å². The van der Waals surface area contributed by atoms with Gasteiger partial charge in [-0.2, -0.15) is 0 Å². The summed E-state index contributed by atoms with van der Waals surface area (Å²) in [6.45, 7) is 0.631. The van der Waals surface area contributed by atoms with Crippen LogP contribution in [0.5, 0.6) is 0 Å². The average molecular weight is 424 g/mol. The van der Waals surface area contributed by atoms with Gasteiger partial charge < -0.3 is 10.9 Å². The van der Waals surface area contributed by atoms with E-state index in [9.17, 15) is 4.79 Å². The number of hydrogen-bond donors (Lipinski definition) is 0. The van der Waals surface area contributed by atoms with Gasteiger partial charge in [0, 0.05) is 18.3 Å². The minimum absolute atomic E-state index is 0.0545. The SMILES string of the molecule is O=C1C[C@@H]2[C@@H](COI)[C@H](OI)C[C@@H]2O1. The van der Waals surface area contributed by atoms with Gasteiger partial charge in [-0.05, 0) is 0 Å². The fraction of sp³-hybridized carbons (Fsp3) is 0.875. The summed E-state index contributed by atoms with van der Waals surface area (Å²) in [5, 5.41) is 0. The second-order valence-corrected chi connectivity index (χ2v) is 4.83. The first-order chi connectivity index (χ1) is 6.76. The van der Waals surface area contributed by atoms with Crippen molar-refractivity contribution in [3.05, 3.63) is 0 Å². The topological polar surface area (TPSA) is 44.8 Å². The molecule has 14 heavy (non-hydrogen) atoms. The Morgan fingerprint density at radius 3 is 2.93 bits per heavy atom. The van der Waals surface area contributed by atoms with E-state index in [0.717, 1.165) is 6.42 Å². The summed E-state index contributed by atoms with van der Waals surface area (Å²) in [4.78, 5) is 11.1. The van der Waals surface area contributed by atoms with E-state index in [1.54, 1.807) is 0 Å². The fourth-order valence-electron chi connectivity index (χ4n) is 2.36. The minimum Gasteiger partial charge on any atom is -0.462 e. The number of carbonyl (C=O) groups excluding carboxylic acids is 1. The maximum atomic E-state index is 11.1. The largest absolute Gasteiger partial charge is 0.462 e. The van der Waals surface area contributed by atoms with Gasteiger partial charge >= 0.3 is 5.97 Å². The van der Waals surface area contributed by atoms with Gasteiger partial charge in [0.15, 0.2) is 0 Å². The number of rotatable bonds is 3. The molecular weight excluding hydrogens is 414 g/mol. The van der Waals surface area contributed by atoms with Crippen LogP contribution in [-0.4, -0.2) is 24.8 Å². The number of esters is 1. The molecule has 0 aromatic rings. The standard InChI is InChI=1S/C8H10I2O4/c9-12-3-5-4-1-8(11)13-6(4)2-7(5)14-10/h4-7H,1-3H2/t4-,5-,6+,7-/m1/s1. The summed E-state index contributed by atoms with van der Waals surface area (Å²) in [7, 11) is 0. The number of hydrogen-bond acceptors (Lipinski definition) is 4. The second-order valence-electron chi connectivity index (χ2n) is 3.70. The molecule has 0 bridgehead atoms. The van der Waals surface area contributed by atoms with Crippen molar-refractivity contribution in [2.24, 2.45) is 11.8 Å². The normalized spacial score (nSPS) is 41.1. The first kappa shape index (κ1) is 11.3. The molecule has 1 heterocycles. The Hall–Kier alpha value is 0.850. The maximum absolute atomic E-state index is 11.1. The van der Waals surface area contributed by atoms with Gasteiger partial charge in [0.05, 0.1) is 19.1 Å². The lowest BCUT2D eigenvalue weighted by Crippen LogP contribution is -2.24. The van der Waals surface area contributed by atoms with Crippen LogP contribution in [0.4, 0.5) is 0 Å². The van der Waals surface area contributed by atoms with E-state index >= 15 is 0 Å². The summed E-state index contributed by atoms with van der Waals surface area (Å²) in [6, 6.07) is 0. The number of carbonyl (C=O) groups is 1. The van der Waals surface area contributed by atoms with Crippen LogP contribution in [0.3, 0.4) is 0 Å². The Bertz CT molecular complexity index is 235. The Morgan fingerprint density at radius 2 is 2.29 bits per heavy atom. The highest BCUT2D eigenvalue weighted by molar-refractivity contribution is 14.1. The summed E-state index contributed by atoms with van der Waals surface area (Å²) in [5.74, 6) is 0.502. The third-order valence-corrected chi connectivity index (χ3v) is 4.04. The molecule has 0 radical (unpaired) electrons. The van der Waals surface area contributed by atoms with Gasteiger partial charge in [-0.15, -0.1) is 0 Å². The van der Waals surface area contributed by atoms with Gasteiger partial charge in [0.25, 0.3) is 0 Å². The molecule has 2 aliphatic rings. The number of halogens is 2. The van der Waals surface area contributed by atoms with Crippen molar-refractivity contribution in [2.45, 2.75) is 25.0 Å². The molecule has 0 unspecified atom stereocenters. The lowest BCUT2D eigenvalue weighted by Gasteiger charge is -2.18. The van der Waals surface area contributed by atoms with E-state index in [1.165, 1.54) is 0 Å². The third-order valence-electron chi connectivity index (χ3n) is 3.02. The summed E-state index contributed by atoms with van der Waals surface area (Å²) in [5.41, 5.74) is 0. The molecular formula is C8H10I2O4. The maximum Gasteiger partial charge on any atom is 0.306 e. The minimum atomic E-state index is -0.0784. The molecule has 0 N–H and O–H groups in total. The van der Waals surface area contributed by atoms with Crippen LogP contribution >= 0.6 is 46.0 Å². The quantitative estimate of drug-likeness (QED) is 0.514. The molecule has 1 aliphatic heterocycles. The molecule has 0 aromatic carbocycles. The zero-order valence-corrected chi connectivity index (χ0v) is 11.6. The third kappa shape index (κ3) is 2.03. The molecule has 4 atom stereocenters. The van der Waals surface area contributed by atoms with Gasteiger partial charge in [-0.1, -0.05) is 0 Å². The second kappa shape index (κ2) is 4.79. The predicted molar refractivity (Wildman–Crippen MR) is 65.0 cm³/mol. The first-order valence-corrected chi connectivity index (χ1v) is 6.23. The smallest absolute Gasteiger partial charge is 0.306 e. The zero-order valence-electron chi connectivity index (χ0n) is 7.32. The zero-order chi connectivity index (χ0) is 10.1. The van der Waals surface area contributed by atoms with E-state index in [4.69, 9.17) is 10.9 Å². The van der Waals surface area contributed by atoms with Crippen LogP contribution in [0.1, 0.15) is 12.8 Å². The molecule has 2 rings (SSSR count). The lowest BCUT2D eigenvalue weighted by molar-refractivity contribution is -0.141. The monoisotopic (exact) mass is 424 g/mol. The Kier molecular flexibility index (Phi) is 3.88. The van der Waals surface area contributed by atoms with Gasteiger partial charge in [-0.3, -0.25) is 4.79 Å². The van der Waals surface area contributed by atoms with Crippen LogP contribution in [0.15, 0.2) is 0 Å². The first-order valence-electron chi connectivity index (χ1n) is 4.46. The highest BCUT2D eigenvalue weighted by Crippen LogP contribution is 2.43. The molecule has 80 valence electrons. The molecule has 0 aromatic heterocycles. The fourth-order valence-corrected chi connectivity index (χ4v) is 3.36. The predicted octanol–water partition coefficient (Wildman–Crippen LogP) is 2.04. The van der Waals surface area contributed by atoms with Crippen LogP contribution in [-0.2, 0) is 15.7 Å². The van der Waals surface area contributed by atoms with Crippen LogP contribution in [0, 0.1) is 11.8 Å². The highest BCUT2D eigenvalue weighted by Gasteiger charge is 2.50. The van der Waals surface area contributed by atoms with Crippen molar-refractivity contribution in [2.75, 3.05) is 6.61 Å². The van der Waals surface area contributed by atoms with Crippen molar-refractivity contribution < 1.29 is 15.7 Å². The lowest BCUT2D eigenvalue weighted by atomic mass is 9.93. The summed E-state index contributed by atoms with van der Waals surface area (Å²) in [6.07, 6.45) is 1.54. The van der Waals surface area contributed by atoms with Crippen molar-refractivity contribution in [3.8, 4) is 0 Å². The van der Waals surface area contributed by atoms with Crippen LogP contribution in [0.25, 0.3) is 0 Å². The Balaban J connectivity index is 2.06. The molecule has 0 spiro atoms. The van der Waals surface area contributed by atoms with Crippen molar-refractivity contribution in [1.82, 2.24) is 0 Å². The van der Waals surface area contributed by atoms with Crippen molar-refractivity contribution in [1.29, 1.82) is 0 Å². The Morgan fingerprint density at radius 1 is 1.50 bits per heavy atom. The molecule has 4 nitrogen and oxygen atoms in total. The van der Waals surface area contributed by atoms with E-state index in [2.05, 4.69) is 0 Å². The van der Waals surface area contributed by atoms with Crippen LogP contribution in [0.2, 0.25) is 0 Å². The summed E-state index contributed by atoms with van der Waals surface area (Å²) >= 11 is 3.79. The molecule has 0 amide bonds. The molecule has 2 fully saturated rings. The van der Waals surface area contributed by atoms with E-state index in [0.29, 0.717) is 18.9 Å². The summed E-state index contributed by atoms with van der Waals surface area (Å²) < 4.78 is 15.7. The Labute approximate surface area is 110 Å². The average Bonchev–Trinajstić information content (AvgIpc) is 2.64. The van der Waals surface area contributed by atoms with Crippen molar-refractivity contribution in [3.63, 3.8) is 0 Å². The van der Waals surface area contributed by atoms with E-state index < -0.39 is 0 Å². The van der Waals surface area contributed by atoms with Gasteiger partial charge in [0.2, 0.25) is 0 Å². The van der Waals surface area contributed by atoms with Gasteiger partial charge in [-0.25, -0.2) is 0 Å². The highest BCUT2D eigenvalue weighted by atomic mass is 127. The molecule has 1 saturated carbocycles. The van der Waals surface area contributed by atoms with Gasteiger partial charge in [0.1, 0.15) is 52.1 Å². The molecule has 1 aliphatic carbocycles. The molecule has 1 saturated heterocycles. The van der Waals surface area contributed by atoms with E-state index in [1.807, 2.05) is 46.0 Å². The van der Waals surface area contributed by atoms with Crippen molar-refractivity contribution >= 4 is 52.0 Å². The molecule has 6 heteroatoms. The van der Waals surface area contributed by atoms with Crippen LogP contribution < -0.4 is 0 Å². The number of ether oxygens (including phenoxy) is 1. The number of fused-ring (bicyclic) bond motifs is 1.